The molecule has 0 aliphatic heterocycles. The van der Waals surface area contributed by atoms with Crippen LogP contribution in [0.4, 0.5) is 0 Å². The first-order valence-electron chi connectivity index (χ1n) is 13.5. The first-order valence-corrected chi connectivity index (χ1v) is 13.5. The molecule has 4 atom stereocenters. The number of nitrogens with two attached hydrogens (primary N) is 1. The first-order chi connectivity index (χ1) is 18.0. The number of aryl methyl sites for hydroxylation is 1. The molecule has 0 saturated heterocycles. The number of aromatic hydroxyl groups is 1. The van der Waals surface area contributed by atoms with Gasteiger partial charge in [0.15, 0.2) is 11.4 Å². The molecule has 4 unspecified atom stereocenters. The highest BCUT2D eigenvalue weighted by Gasteiger charge is 2.63. The van der Waals surface area contributed by atoms with E-state index in [4.69, 9.17) is 5.73 Å². The van der Waals surface area contributed by atoms with Gasteiger partial charge in [-0.2, -0.15) is 0 Å². The Morgan fingerprint density at radius 2 is 1.79 bits per heavy atom. The number of phenols is 1. The third-order valence-corrected chi connectivity index (χ3v) is 9.25. The van der Waals surface area contributed by atoms with Crippen LogP contribution in [0.5, 0.6) is 5.75 Å². The van der Waals surface area contributed by atoms with Gasteiger partial charge in [0.1, 0.15) is 22.8 Å². The monoisotopic (exact) mass is 524 g/mol. The molecule has 9 nitrogen and oxygen atoms in total. The highest BCUT2D eigenvalue weighted by molar-refractivity contribution is 6.24. The van der Waals surface area contributed by atoms with Crippen molar-refractivity contribution in [2.45, 2.75) is 69.4 Å². The Bertz CT molecular complexity index is 1270. The van der Waals surface area contributed by atoms with Crippen molar-refractivity contribution in [3.8, 4) is 5.75 Å². The number of primary amides is 1. The van der Waals surface area contributed by atoms with Crippen molar-refractivity contribution in [3.05, 3.63) is 51.5 Å². The molecule has 1 aromatic carbocycles. The zero-order valence-corrected chi connectivity index (χ0v) is 21.9. The van der Waals surface area contributed by atoms with Crippen LogP contribution in [-0.4, -0.2) is 68.5 Å². The number of ketones is 2. The minimum atomic E-state index is -2.61. The van der Waals surface area contributed by atoms with Crippen molar-refractivity contribution in [2.24, 2.45) is 23.5 Å². The van der Waals surface area contributed by atoms with Crippen molar-refractivity contribution in [2.75, 3.05) is 14.1 Å². The third-order valence-electron chi connectivity index (χ3n) is 9.25. The second kappa shape index (κ2) is 9.54. The maximum atomic E-state index is 13.8. The Balaban J connectivity index is 1.58. The second-order valence-electron chi connectivity index (χ2n) is 11.6. The van der Waals surface area contributed by atoms with Gasteiger partial charge in [0, 0.05) is 11.5 Å². The number of nitrogens with zero attached hydrogens (tertiary/aromatic N) is 1. The fourth-order valence-electron chi connectivity index (χ4n) is 7.38. The van der Waals surface area contributed by atoms with Gasteiger partial charge < -0.3 is 26.2 Å². The molecule has 0 radical (unpaired) electrons. The number of carbonyl (C=O) groups excluding carboxylic acids is 3. The van der Waals surface area contributed by atoms with E-state index in [2.05, 4.69) is 0 Å². The number of amides is 1. The van der Waals surface area contributed by atoms with Crippen LogP contribution < -0.4 is 5.73 Å². The molecule has 0 heterocycles. The summed E-state index contributed by atoms with van der Waals surface area (Å²) >= 11 is 0. The normalized spacial score (nSPS) is 29.8. The first kappa shape index (κ1) is 26.4. The molecule has 4 aliphatic carbocycles. The molecule has 9 heteroatoms. The van der Waals surface area contributed by atoms with Crippen LogP contribution in [0.25, 0.3) is 0 Å². The number of fused-ring (bicyclic) bond motifs is 3. The number of Topliss-reactive ketones (excluding diaryl/α,β-unsaturated/α-hetero) is 2. The lowest BCUT2D eigenvalue weighted by Gasteiger charge is -2.50. The summed E-state index contributed by atoms with van der Waals surface area (Å²) in [6.07, 6.45) is 8.36. The molecule has 1 fully saturated rings. The van der Waals surface area contributed by atoms with E-state index in [0.29, 0.717) is 12.3 Å². The number of rotatable bonds is 5. The molecule has 5 rings (SSSR count). The average Bonchev–Trinajstić information content (AvgIpc) is 2.86. The summed E-state index contributed by atoms with van der Waals surface area (Å²) in [5.74, 6) is -5.61. The van der Waals surface area contributed by atoms with Gasteiger partial charge in [-0.25, -0.2) is 0 Å². The van der Waals surface area contributed by atoms with Crippen LogP contribution in [0.1, 0.15) is 66.4 Å². The van der Waals surface area contributed by atoms with E-state index in [1.54, 1.807) is 19.0 Å². The molecule has 1 aromatic rings. The predicted molar refractivity (Wildman–Crippen MR) is 139 cm³/mol. The summed E-state index contributed by atoms with van der Waals surface area (Å²) in [4.78, 5) is 40.8. The molecule has 204 valence electrons. The van der Waals surface area contributed by atoms with Crippen LogP contribution in [0.3, 0.4) is 0 Å². The summed E-state index contributed by atoms with van der Waals surface area (Å²) in [7, 11) is 3.24. The SMILES string of the molecule is CN(C)C1C(O)=C(C(N)=O)C(=O)C2(O)C(O)=C3C(=O)c4c(O)ccc(CCC5CCCCC5)c4CC3CC12. The van der Waals surface area contributed by atoms with Crippen molar-refractivity contribution < 1.29 is 34.8 Å². The fraction of sp³-hybridized carbons (Fsp3) is 0.552. The van der Waals surface area contributed by atoms with Crippen LogP contribution in [-0.2, 0) is 22.4 Å². The number of benzene rings is 1. The number of likely N-dealkylation sites (N-methyl/N-ethyl adjacent to an activating group) is 1. The standard InChI is InChI=1S/C29H36N2O7/c1-31(2)23-18-13-16-12-17-15(9-8-14-6-4-3-5-7-14)10-11-19(32)21(17)24(33)20(16)26(35)29(18,38)27(36)22(25(23)34)28(30)37/h10-11,14,16,18,23,32,34-35,38H,3-9,12-13H2,1-2H3,(H2,30,37). The highest BCUT2D eigenvalue weighted by atomic mass is 16.3. The lowest BCUT2D eigenvalue weighted by molar-refractivity contribution is -0.148. The average molecular weight is 525 g/mol. The van der Waals surface area contributed by atoms with Crippen LogP contribution >= 0.6 is 0 Å². The lowest BCUT2D eigenvalue weighted by Crippen LogP contribution is -2.63. The maximum Gasteiger partial charge on any atom is 0.255 e. The molecular formula is C29H36N2O7. The second-order valence-corrected chi connectivity index (χ2v) is 11.6. The quantitative estimate of drug-likeness (QED) is 0.367. The largest absolute Gasteiger partial charge is 0.510 e. The van der Waals surface area contributed by atoms with Crippen molar-refractivity contribution in [3.63, 3.8) is 0 Å². The van der Waals surface area contributed by atoms with Gasteiger partial charge in [-0.05, 0) is 68.8 Å². The Hall–Kier alpha value is -3.17. The van der Waals surface area contributed by atoms with Gasteiger partial charge in [-0.1, -0.05) is 38.2 Å². The number of phenolic OH excluding ortho intramolecular Hbond substituents is 1. The zero-order chi connectivity index (χ0) is 27.5. The summed E-state index contributed by atoms with van der Waals surface area (Å²) < 4.78 is 0. The number of hydrogen-bond donors (Lipinski definition) is 5. The van der Waals surface area contributed by atoms with E-state index in [9.17, 15) is 34.8 Å². The van der Waals surface area contributed by atoms with Crippen molar-refractivity contribution >= 4 is 17.5 Å². The molecule has 6 N–H and O–H groups in total. The Morgan fingerprint density at radius 1 is 1.11 bits per heavy atom. The van der Waals surface area contributed by atoms with Gasteiger partial charge in [0.25, 0.3) is 5.91 Å². The Morgan fingerprint density at radius 3 is 2.42 bits per heavy atom. The molecule has 38 heavy (non-hydrogen) atoms. The molecule has 4 aliphatic rings. The summed E-state index contributed by atoms with van der Waals surface area (Å²) in [6.45, 7) is 0. The number of aliphatic hydroxyl groups is 3. The Labute approximate surface area is 221 Å². The van der Waals surface area contributed by atoms with Crippen LogP contribution in [0.2, 0.25) is 0 Å². The van der Waals surface area contributed by atoms with E-state index in [-0.39, 0.29) is 23.3 Å². The molecular weight excluding hydrogens is 488 g/mol. The van der Waals surface area contributed by atoms with E-state index in [0.717, 1.165) is 24.0 Å². The van der Waals surface area contributed by atoms with Gasteiger partial charge in [0.2, 0.25) is 5.78 Å². The van der Waals surface area contributed by atoms with Gasteiger partial charge in [0.05, 0.1) is 11.6 Å². The van der Waals surface area contributed by atoms with Gasteiger partial charge in [-0.15, -0.1) is 0 Å². The van der Waals surface area contributed by atoms with E-state index in [1.807, 2.05) is 6.07 Å². The smallest absolute Gasteiger partial charge is 0.255 e. The maximum absolute atomic E-state index is 13.8. The minimum absolute atomic E-state index is 0.0897. The molecule has 1 saturated carbocycles. The number of carbonyl (C=O) groups is 3. The van der Waals surface area contributed by atoms with Crippen LogP contribution in [0.15, 0.2) is 34.8 Å². The topological polar surface area (TPSA) is 161 Å². The van der Waals surface area contributed by atoms with Gasteiger partial charge >= 0.3 is 0 Å². The van der Waals surface area contributed by atoms with Crippen LogP contribution in [0, 0.1) is 17.8 Å². The fourth-order valence-corrected chi connectivity index (χ4v) is 7.38. The van der Waals surface area contributed by atoms with E-state index >= 15 is 0 Å². The Kier molecular flexibility index (Phi) is 6.64. The van der Waals surface area contributed by atoms with E-state index in [1.165, 1.54) is 38.2 Å². The van der Waals surface area contributed by atoms with Crippen molar-refractivity contribution in [1.29, 1.82) is 0 Å². The lowest BCUT2D eigenvalue weighted by atomic mass is 9.58. The summed E-state index contributed by atoms with van der Waals surface area (Å²) in [5, 5.41) is 44.6. The van der Waals surface area contributed by atoms with Crippen molar-refractivity contribution in [1.82, 2.24) is 4.90 Å². The minimum Gasteiger partial charge on any atom is -0.510 e. The highest BCUT2D eigenvalue weighted by Crippen LogP contribution is 2.52. The summed E-state index contributed by atoms with van der Waals surface area (Å²) in [6, 6.07) is 2.36. The molecule has 1 amide bonds. The third kappa shape index (κ3) is 3.86. The number of allylic oxidation sites excluding steroid dienone is 1. The molecule has 0 spiro atoms. The predicted octanol–water partition coefficient (Wildman–Crippen LogP) is 2.63. The number of aliphatic hydroxyl groups excluding tert-OH is 2. The zero-order valence-electron chi connectivity index (χ0n) is 21.9. The molecule has 0 bridgehead atoms. The molecule has 0 aromatic heterocycles. The summed E-state index contributed by atoms with van der Waals surface area (Å²) in [5.41, 5.74) is 3.65. The van der Waals surface area contributed by atoms with E-state index < -0.39 is 58.0 Å². The number of hydrogen-bond acceptors (Lipinski definition) is 8. The van der Waals surface area contributed by atoms with Gasteiger partial charge in [-0.3, -0.25) is 19.3 Å².